The maximum Gasteiger partial charge on any atom is 0.416 e. The molecular weight excluding hydrogens is 371 g/mol. The van der Waals surface area contributed by atoms with Crippen molar-refractivity contribution < 1.29 is 27.5 Å². The fourth-order valence-electron chi connectivity index (χ4n) is 1.90. The van der Waals surface area contributed by atoms with Crippen molar-refractivity contribution in [1.82, 2.24) is 0 Å². The molecule has 4 nitrogen and oxygen atoms in total. The maximum absolute atomic E-state index is 12.6. The lowest BCUT2D eigenvalue weighted by Gasteiger charge is -2.07. The van der Waals surface area contributed by atoms with Gasteiger partial charge in [-0.05, 0) is 48.0 Å². The lowest BCUT2D eigenvalue weighted by Crippen LogP contribution is -2.20. The molecular formula is C18H13ClF3NO3. The zero-order chi connectivity index (χ0) is 19.2. The van der Waals surface area contributed by atoms with Crippen LogP contribution in [0.2, 0.25) is 5.02 Å². The van der Waals surface area contributed by atoms with E-state index in [-0.39, 0.29) is 5.56 Å². The van der Waals surface area contributed by atoms with E-state index in [4.69, 9.17) is 16.3 Å². The number of rotatable bonds is 5. The van der Waals surface area contributed by atoms with Gasteiger partial charge in [-0.2, -0.15) is 13.2 Å². The van der Waals surface area contributed by atoms with Crippen LogP contribution in [-0.2, 0) is 20.5 Å². The van der Waals surface area contributed by atoms with Crippen LogP contribution in [0, 0.1) is 0 Å². The third-order valence-corrected chi connectivity index (χ3v) is 3.35. The number of esters is 1. The zero-order valence-electron chi connectivity index (χ0n) is 13.2. The van der Waals surface area contributed by atoms with Crippen LogP contribution in [-0.4, -0.2) is 18.5 Å². The van der Waals surface area contributed by atoms with Gasteiger partial charge in [-0.3, -0.25) is 4.79 Å². The van der Waals surface area contributed by atoms with Crippen molar-refractivity contribution in [2.45, 2.75) is 6.18 Å². The van der Waals surface area contributed by atoms with E-state index in [2.05, 4.69) is 5.32 Å². The molecule has 0 saturated heterocycles. The number of carbonyl (C=O) groups is 2. The Hall–Kier alpha value is -2.80. The van der Waals surface area contributed by atoms with Gasteiger partial charge >= 0.3 is 12.1 Å². The molecule has 0 fully saturated rings. The highest BCUT2D eigenvalue weighted by Gasteiger charge is 2.30. The Kier molecular flexibility index (Phi) is 6.41. The van der Waals surface area contributed by atoms with Crippen molar-refractivity contribution >= 4 is 35.2 Å². The molecule has 0 aliphatic rings. The molecule has 2 rings (SSSR count). The molecule has 136 valence electrons. The number of amides is 1. The molecule has 0 atom stereocenters. The number of hydrogen-bond acceptors (Lipinski definition) is 3. The number of carbonyl (C=O) groups excluding carboxylic acids is 2. The second-order valence-corrected chi connectivity index (χ2v) is 5.56. The fraction of sp³-hybridized carbons (Fsp3) is 0.111. The molecule has 2 aromatic carbocycles. The summed E-state index contributed by atoms with van der Waals surface area (Å²) >= 11 is 5.72. The summed E-state index contributed by atoms with van der Waals surface area (Å²) in [6, 6.07) is 10.8. The van der Waals surface area contributed by atoms with Gasteiger partial charge in [-0.25, -0.2) is 4.79 Å². The summed E-state index contributed by atoms with van der Waals surface area (Å²) in [5, 5.41) is 3.01. The van der Waals surface area contributed by atoms with Gasteiger partial charge in [0.15, 0.2) is 6.61 Å². The largest absolute Gasteiger partial charge is 0.452 e. The molecule has 0 unspecified atom stereocenters. The number of hydrogen-bond donors (Lipinski definition) is 1. The van der Waals surface area contributed by atoms with Crippen LogP contribution >= 0.6 is 11.6 Å². The van der Waals surface area contributed by atoms with Gasteiger partial charge in [0, 0.05) is 16.8 Å². The van der Waals surface area contributed by atoms with E-state index in [0.29, 0.717) is 10.7 Å². The summed E-state index contributed by atoms with van der Waals surface area (Å²) in [4.78, 5) is 23.2. The Balaban J connectivity index is 1.85. The van der Waals surface area contributed by atoms with E-state index in [1.165, 1.54) is 18.2 Å². The molecule has 0 aliphatic heterocycles. The Labute approximate surface area is 152 Å². The summed E-state index contributed by atoms with van der Waals surface area (Å²) in [6.07, 6.45) is -2.34. The quantitative estimate of drug-likeness (QED) is 0.608. The zero-order valence-corrected chi connectivity index (χ0v) is 14.0. The predicted molar refractivity (Wildman–Crippen MR) is 91.5 cm³/mol. The second-order valence-electron chi connectivity index (χ2n) is 5.12. The number of anilines is 1. The second kappa shape index (κ2) is 8.53. The van der Waals surface area contributed by atoms with Crippen molar-refractivity contribution in [3.8, 4) is 0 Å². The van der Waals surface area contributed by atoms with Crippen LogP contribution < -0.4 is 5.32 Å². The molecule has 26 heavy (non-hydrogen) atoms. The number of benzene rings is 2. The van der Waals surface area contributed by atoms with Crippen LogP contribution in [0.5, 0.6) is 0 Å². The minimum absolute atomic E-state index is 0.183. The summed E-state index contributed by atoms with van der Waals surface area (Å²) in [5.41, 5.74) is -0.160. The topological polar surface area (TPSA) is 55.4 Å². The van der Waals surface area contributed by atoms with E-state index in [9.17, 15) is 22.8 Å². The number of nitrogens with one attached hydrogen (secondary N) is 1. The summed E-state index contributed by atoms with van der Waals surface area (Å²) in [7, 11) is 0. The normalized spacial score (nSPS) is 11.4. The number of ether oxygens (including phenoxy) is 1. The lowest BCUT2D eigenvalue weighted by atomic mass is 10.1. The smallest absolute Gasteiger partial charge is 0.416 e. The molecule has 0 radical (unpaired) electrons. The maximum atomic E-state index is 12.6. The highest BCUT2D eigenvalue weighted by Crippen LogP contribution is 2.29. The molecule has 0 aromatic heterocycles. The third-order valence-electron chi connectivity index (χ3n) is 3.10. The molecule has 0 spiro atoms. The average Bonchev–Trinajstić information content (AvgIpc) is 2.60. The van der Waals surface area contributed by atoms with Gasteiger partial charge in [0.05, 0.1) is 5.56 Å². The van der Waals surface area contributed by atoms with Gasteiger partial charge in [-0.1, -0.05) is 23.7 Å². The van der Waals surface area contributed by atoms with Gasteiger partial charge in [0.25, 0.3) is 5.91 Å². The van der Waals surface area contributed by atoms with Gasteiger partial charge in [0.1, 0.15) is 0 Å². The van der Waals surface area contributed by atoms with Gasteiger partial charge in [-0.15, -0.1) is 0 Å². The van der Waals surface area contributed by atoms with Crippen molar-refractivity contribution in [3.05, 3.63) is 70.8 Å². The van der Waals surface area contributed by atoms with E-state index >= 15 is 0 Å². The van der Waals surface area contributed by atoms with Crippen LogP contribution in [0.15, 0.2) is 54.6 Å². The first-order valence-electron chi connectivity index (χ1n) is 7.31. The highest BCUT2D eigenvalue weighted by molar-refractivity contribution is 6.30. The SMILES string of the molecule is O=C(COC(=O)/C=C/c1cccc(C(F)(F)F)c1)Nc1ccc(Cl)cc1. The Morgan fingerprint density at radius 3 is 2.46 bits per heavy atom. The van der Waals surface area contributed by atoms with Crippen LogP contribution in [0.4, 0.5) is 18.9 Å². The van der Waals surface area contributed by atoms with Gasteiger partial charge < -0.3 is 10.1 Å². The Morgan fingerprint density at radius 2 is 1.81 bits per heavy atom. The minimum Gasteiger partial charge on any atom is -0.452 e. The lowest BCUT2D eigenvalue weighted by molar-refractivity contribution is -0.142. The summed E-state index contributed by atoms with van der Waals surface area (Å²) in [5.74, 6) is -1.41. The first-order chi connectivity index (χ1) is 12.2. The van der Waals surface area contributed by atoms with Crippen molar-refractivity contribution in [3.63, 3.8) is 0 Å². The Bertz CT molecular complexity index is 817. The summed E-state index contributed by atoms with van der Waals surface area (Å²) < 4.78 is 42.6. The molecule has 0 saturated carbocycles. The van der Waals surface area contributed by atoms with E-state index in [0.717, 1.165) is 18.2 Å². The van der Waals surface area contributed by atoms with Crippen molar-refractivity contribution in [1.29, 1.82) is 0 Å². The monoisotopic (exact) mass is 383 g/mol. The summed E-state index contributed by atoms with van der Waals surface area (Å²) in [6.45, 7) is -0.533. The molecule has 0 heterocycles. The number of alkyl halides is 3. The minimum atomic E-state index is -4.47. The molecule has 0 bridgehead atoms. The first-order valence-corrected chi connectivity index (χ1v) is 7.69. The number of halogens is 4. The first kappa shape index (κ1) is 19.5. The molecule has 2 aromatic rings. The van der Waals surface area contributed by atoms with Crippen molar-refractivity contribution in [2.24, 2.45) is 0 Å². The predicted octanol–water partition coefficient (Wildman–Crippen LogP) is 4.55. The average molecular weight is 384 g/mol. The van der Waals surface area contributed by atoms with Gasteiger partial charge in [0.2, 0.25) is 0 Å². The Morgan fingerprint density at radius 1 is 1.12 bits per heavy atom. The molecule has 1 amide bonds. The third kappa shape index (κ3) is 6.25. The van der Waals surface area contributed by atoms with Crippen LogP contribution in [0.1, 0.15) is 11.1 Å². The van der Waals surface area contributed by atoms with E-state index in [1.54, 1.807) is 24.3 Å². The molecule has 8 heteroatoms. The highest BCUT2D eigenvalue weighted by atomic mass is 35.5. The molecule has 0 aliphatic carbocycles. The van der Waals surface area contributed by atoms with Crippen LogP contribution in [0.25, 0.3) is 6.08 Å². The standard InChI is InChI=1S/C18H13ClF3NO3/c19-14-5-7-15(8-6-14)23-16(24)11-26-17(25)9-4-12-2-1-3-13(10-12)18(20,21)22/h1-10H,11H2,(H,23,24)/b9-4+. The fourth-order valence-corrected chi connectivity index (χ4v) is 2.02. The van der Waals surface area contributed by atoms with E-state index in [1.807, 2.05) is 0 Å². The van der Waals surface area contributed by atoms with Crippen molar-refractivity contribution in [2.75, 3.05) is 11.9 Å². The van der Waals surface area contributed by atoms with Crippen LogP contribution in [0.3, 0.4) is 0 Å². The molecule has 1 N–H and O–H groups in total. The van der Waals surface area contributed by atoms with E-state index < -0.39 is 30.2 Å².